The van der Waals surface area contributed by atoms with Crippen molar-refractivity contribution in [2.24, 2.45) is 11.8 Å². The molecule has 0 saturated heterocycles. The van der Waals surface area contributed by atoms with E-state index in [0.717, 1.165) is 25.0 Å². The highest BCUT2D eigenvalue weighted by Crippen LogP contribution is 2.31. The van der Waals surface area contributed by atoms with Crippen LogP contribution in [0.15, 0.2) is 0 Å². The largest absolute Gasteiger partial charge is 0.443 e. The van der Waals surface area contributed by atoms with E-state index in [1.54, 1.807) is 7.05 Å². The van der Waals surface area contributed by atoms with Crippen LogP contribution in [0.25, 0.3) is 0 Å². The zero-order valence-electron chi connectivity index (χ0n) is 14.0. The van der Waals surface area contributed by atoms with Crippen molar-refractivity contribution in [1.82, 2.24) is 10.4 Å². The number of rotatable bonds is 5. The highest BCUT2D eigenvalue weighted by Gasteiger charge is 2.30. The fraction of sp³-hybridized carbons (Fsp3) is 0.875. The maximum atomic E-state index is 12.2. The first-order valence-electron chi connectivity index (χ1n) is 7.91. The second-order valence-electron chi connectivity index (χ2n) is 7.14. The minimum atomic E-state index is -0.570. The number of hydrogen-bond acceptors (Lipinski definition) is 4. The molecule has 1 fully saturated rings. The number of aldehydes is 1. The first kappa shape index (κ1) is 18.0. The minimum Gasteiger partial charge on any atom is -0.443 e. The van der Waals surface area contributed by atoms with Crippen LogP contribution in [0, 0.1) is 11.8 Å². The van der Waals surface area contributed by atoms with Crippen molar-refractivity contribution in [1.29, 1.82) is 0 Å². The number of nitrogens with one attached hydrogen (secondary N) is 1. The second kappa shape index (κ2) is 7.78. The van der Waals surface area contributed by atoms with E-state index in [0.29, 0.717) is 12.3 Å². The van der Waals surface area contributed by atoms with E-state index in [2.05, 4.69) is 12.3 Å². The Morgan fingerprint density at radius 3 is 2.33 bits per heavy atom. The summed E-state index contributed by atoms with van der Waals surface area (Å²) in [5, 5.41) is 1.32. The fourth-order valence-electron chi connectivity index (χ4n) is 2.83. The monoisotopic (exact) mass is 298 g/mol. The molecule has 1 rings (SSSR count). The predicted molar refractivity (Wildman–Crippen MR) is 82.7 cm³/mol. The summed E-state index contributed by atoms with van der Waals surface area (Å²) in [4.78, 5) is 23.6. The topological polar surface area (TPSA) is 58.6 Å². The van der Waals surface area contributed by atoms with Crippen molar-refractivity contribution in [2.45, 2.75) is 71.4 Å². The number of ether oxygens (including phenoxy) is 1. The molecular weight excluding hydrogens is 268 g/mol. The molecule has 0 heterocycles. The molecule has 122 valence electrons. The SMILES string of the molecule is CNN(C(=O)OC(C)(C)C)[C@H](C=O)CC1CCC(C)CC1. The molecule has 0 bridgehead atoms. The molecule has 1 aliphatic rings. The van der Waals surface area contributed by atoms with Crippen LogP contribution < -0.4 is 5.43 Å². The Bertz CT molecular complexity index is 344. The Kier molecular flexibility index (Phi) is 6.65. The van der Waals surface area contributed by atoms with Crippen molar-refractivity contribution in [3.63, 3.8) is 0 Å². The highest BCUT2D eigenvalue weighted by molar-refractivity contribution is 5.73. The molecule has 0 aliphatic heterocycles. The summed E-state index contributed by atoms with van der Waals surface area (Å²) < 4.78 is 5.35. The standard InChI is InChI=1S/C16H30N2O3/c1-12-6-8-13(9-7-12)10-14(11-19)18(17-5)15(20)21-16(2,3)4/h11-14,17H,6-10H2,1-5H3/t12?,13?,14-/m0/s1. The number of hydrogen-bond donors (Lipinski definition) is 1. The first-order valence-corrected chi connectivity index (χ1v) is 7.91. The van der Waals surface area contributed by atoms with Gasteiger partial charge in [-0.3, -0.25) is 0 Å². The maximum absolute atomic E-state index is 12.2. The Morgan fingerprint density at radius 2 is 1.90 bits per heavy atom. The maximum Gasteiger partial charge on any atom is 0.425 e. The Hall–Kier alpha value is -1.10. The van der Waals surface area contributed by atoms with E-state index in [1.165, 1.54) is 17.9 Å². The number of hydrazine groups is 1. The third-order valence-electron chi connectivity index (χ3n) is 4.03. The summed E-state index contributed by atoms with van der Waals surface area (Å²) in [6, 6.07) is -0.469. The Labute approximate surface area is 128 Å². The molecule has 0 unspecified atom stereocenters. The molecule has 1 aliphatic carbocycles. The van der Waals surface area contributed by atoms with Crippen LogP contribution in [0.1, 0.15) is 59.8 Å². The van der Waals surface area contributed by atoms with Gasteiger partial charge in [0, 0.05) is 7.05 Å². The highest BCUT2D eigenvalue weighted by atomic mass is 16.6. The molecule has 0 aromatic rings. The van der Waals surface area contributed by atoms with Gasteiger partial charge >= 0.3 is 6.09 Å². The molecule has 0 aromatic heterocycles. The third kappa shape index (κ3) is 6.04. The molecule has 1 N–H and O–H groups in total. The number of carbonyl (C=O) groups is 2. The molecule has 0 radical (unpaired) electrons. The Balaban J connectivity index is 2.62. The van der Waals surface area contributed by atoms with Gasteiger partial charge in [0.15, 0.2) is 0 Å². The summed E-state index contributed by atoms with van der Waals surface area (Å²) in [6.45, 7) is 7.72. The Morgan fingerprint density at radius 1 is 1.33 bits per heavy atom. The van der Waals surface area contributed by atoms with Gasteiger partial charge in [0.05, 0.1) is 0 Å². The van der Waals surface area contributed by atoms with Gasteiger partial charge in [0.2, 0.25) is 0 Å². The second-order valence-corrected chi connectivity index (χ2v) is 7.14. The van der Waals surface area contributed by atoms with Crippen molar-refractivity contribution in [3.05, 3.63) is 0 Å². The van der Waals surface area contributed by atoms with Crippen LogP contribution in [-0.4, -0.2) is 36.1 Å². The van der Waals surface area contributed by atoms with Gasteiger partial charge < -0.3 is 9.53 Å². The van der Waals surface area contributed by atoms with E-state index in [4.69, 9.17) is 4.74 Å². The van der Waals surface area contributed by atoms with Crippen LogP contribution in [0.5, 0.6) is 0 Å². The number of carbonyl (C=O) groups excluding carboxylic acids is 2. The number of nitrogens with zero attached hydrogens (tertiary/aromatic N) is 1. The molecular formula is C16H30N2O3. The first-order chi connectivity index (χ1) is 9.76. The summed E-state index contributed by atoms with van der Waals surface area (Å²) in [5.74, 6) is 1.29. The average Bonchev–Trinajstić information content (AvgIpc) is 2.38. The lowest BCUT2D eigenvalue weighted by molar-refractivity contribution is -0.114. The smallest absolute Gasteiger partial charge is 0.425 e. The van der Waals surface area contributed by atoms with E-state index in [-0.39, 0.29) is 0 Å². The molecule has 0 spiro atoms. The average molecular weight is 298 g/mol. The van der Waals surface area contributed by atoms with Crippen LogP contribution in [0.2, 0.25) is 0 Å². The van der Waals surface area contributed by atoms with Gasteiger partial charge in [0.25, 0.3) is 0 Å². The summed E-state index contributed by atoms with van der Waals surface area (Å²) in [6.07, 6.45) is 5.75. The van der Waals surface area contributed by atoms with Gasteiger partial charge in [-0.2, -0.15) is 0 Å². The van der Waals surface area contributed by atoms with Crippen molar-refractivity contribution in [2.75, 3.05) is 7.05 Å². The lowest BCUT2D eigenvalue weighted by Gasteiger charge is -2.33. The van der Waals surface area contributed by atoms with E-state index < -0.39 is 17.7 Å². The van der Waals surface area contributed by atoms with Gasteiger partial charge in [-0.25, -0.2) is 15.2 Å². The normalized spacial score (nSPS) is 24.2. The van der Waals surface area contributed by atoms with Gasteiger partial charge in [-0.15, -0.1) is 0 Å². The third-order valence-corrected chi connectivity index (χ3v) is 4.03. The summed E-state index contributed by atoms with van der Waals surface area (Å²) in [5.41, 5.74) is 2.23. The minimum absolute atomic E-state index is 0.469. The zero-order valence-corrected chi connectivity index (χ0v) is 14.0. The number of amides is 1. The molecule has 1 atom stereocenters. The van der Waals surface area contributed by atoms with Crippen LogP contribution in [-0.2, 0) is 9.53 Å². The van der Waals surface area contributed by atoms with Crippen molar-refractivity contribution >= 4 is 12.4 Å². The molecule has 21 heavy (non-hydrogen) atoms. The van der Waals surface area contributed by atoms with Crippen molar-refractivity contribution in [3.8, 4) is 0 Å². The van der Waals surface area contributed by atoms with Crippen LogP contribution in [0.3, 0.4) is 0 Å². The lowest BCUT2D eigenvalue weighted by atomic mass is 9.80. The van der Waals surface area contributed by atoms with Crippen molar-refractivity contribution < 1.29 is 14.3 Å². The van der Waals surface area contributed by atoms with Gasteiger partial charge in [-0.05, 0) is 39.0 Å². The van der Waals surface area contributed by atoms with Crippen LogP contribution in [0.4, 0.5) is 4.79 Å². The molecule has 1 amide bonds. The molecule has 5 heteroatoms. The predicted octanol–water partition coefficient (Wildman–Crippen LogP) is 3.14. The van der Waals surface area contributed by atoms with Gasteiger partial charge in [-0.1, -0.05) is 32.6 Å². The van der Waals surface area contributed by atoms with E-state index in [9.17, 15) is 9.59 Å². The summed E-state index contributed by atoms with van der Waals surface area (Å²) >= 11 is 0. The lowest BCUT2D eigenvalue weighted by Crippen LogP contribution is -2.51. The fourth-order valence-corrected chi connectivity index (χ4v) is 2.83. The van der Waals surface area contributed by atoms with Gasteiger partial charge in [0.1, 0.15) is 17.9 Å². The zero-order chi connectivity index (χ0) is 16.0. The quantitative estimate of drug-likeness (QED) is 0.626. The van der Waals surface area contributed by atoms with E-state index in [1.807, 2.05) is 20.8 Å². The van der Waals surface area contributed by atoms with E-state index >= 15 is 0 Å². The molecule has 5 nitrogen and oxygen atoms in total. The molecule has 0 aromatic carbocycles. The van der Waals surface area contributed by atoms with Crippen LogP contribution >= 0.6 is 0 Å². The summed E-state index contributed by atoms with van der Waals surface area (Å²) in [7, 11) is 1.64. The molecule has 1 saturated carbocycles.